The third-order valence-corrected chi connectivity index (χ3v) is 3.44. The quantitative estimate of drug-likeness (QED) is 0.840. The summed E-state index contributed by atoms with van der Waals surface area (Å²) in [4.78, 5) is 12.4. The minimum atomic E-state index is -0.0716. The first-order valence-corrected chi connectivity index (χ1v) is 6.50. The number of benzene rings is 1. The van der Waals surface area contributed by atoms with Gasteiger partial charge in [0, 0.05) is 12.6 Å². The number of aryl methyl sites for hydroxylation is 1. The lowest BCUT2D eigenvalue weighted by Crippen LogP contribution is -2.24. The lowest BCUT2D eigenvalue weighted by molar-refractivity contribution is 0.414. The summed E-state index contributed by atoms with van der Waals surface area (Å²) >= 11 is 0. The maximum atomic E-state index is 12.4. The van der Waals surface area contributed by atoms with Crippen LogP contribution in [0.1, 0.15) is 18.7 Å². The molecule has 5 nitrogen and oxygen atoms in total. The van der Waals surface area contributed by atoms with E-state index in [9.17, 15) is 4.79 Å². The average molecular weight is 259 g/mol. The highest BCUT2D eigenvalue weighted by Crippen LogP contribution is 2.29. The van der Waals surface area contributed by atoms with Gasteiger partial charge < -0.3 is 4.74 Å². The molecule has 0 radical (unpaired) electrons. The van der Waals surface area contributed by atoms with E-state index in [1.54, 1.807) is 16.4 Å². The van der Waals surface area contributed by atoms with Crippen LogP contribution in [0.3, 0.4) is 0 Å². The second-order valence-corrected chi connectivity index (χ2v) is 4.99. The minimum Gasteiger partial charge on any atom is -0.497 e. The van der Waals surface area contributed by atoms with E-state index < -0.39 is 0 Å². The Labute approximate surface area is 111 Å². The predicted molar refractivity (Wildman–Crippen MR) is 71.8 cm³/mol. The van der Waals surface area contributed by atoms with Crippen molar-refractivity contribution in [1.82, 2.24) is 14.3 Å². The van der Waals surface area contributed by atoms with Gasteiger partial charge >= 0.3 is 5.69 Å². The molecule has 1 aromatic heterocycles. The number of aromatic nitrogens is 3. The fraction of sp³-hybridized carbons (Fsp3) is 0.429. The van der Waals surface area contributed by atoms with Crippen LogP contribution in [0.2, 0.25) is 0 Å². The van der Waals surface area contributed by atoms with Gasteiger partial charge in [-0.1, -0.05) is 6.07 Å². The molecule has 1 aromatic carbocycles. The maximum Gasteiger partial charge on any atom is 0.350 e. The molecule has 0 bridgehead atoms. The highest BCUT2D eigenvalue weighted by Gasteiger charge is 2.24. The molecule has 1 fully saturated rings. The summed E-state index contributed by atoms with van der Waals surface area (Å²) in [5, 5.41) is 4.35. The third kappa shape index (κ3) is 2.28. The second-order valence-electron chi connectivity index (χ2n) is 4.99. The van der Waals surface area contributed by atoms with Gasteiger partial charge in [-0.3, -0.25) is 0 Å². The van der Waals surface area contributed by atoms with Crippen LogP contribution in [0, 0.1) is 12.8 Å². The topological polar surface area (TPSA) is 49.0 Å². The normalized spacial score (nSPS) is 14.6. The molecule has 0 spiro atoms. The summed E-state index contributed by atoms with van der Waals surface area (Å²) in [5.74, 6) is 2.07. The number of rotatable bonds is 4. The molecular formula is C14H17N3O2. The smallest absolute Gasteiger partial charge is 0.350 e. The van der Waals surface area contributed by atoms with E-state index in [1.165, 1.54) is 12.8 Å². The highest BCUT2D eigenvalue weighted by atomic mass is 16.5. The Morgan fingerprint density at radius 2 is 2.21 bits per heavy atom. The molecule has 1 aliphatic carbocycles. The molecule has 1 saturated carbocycles. The molecule has 0 saturated heterocycles. The summed E-state index contributed by atoms with van der Waals surface area (Å²) in [6, 6.07) is 7.47. The van der Waals surface area contributed by atoms with Gasteiger partial charge in [-0.05, 0) is 37.8 Å². The largest absolute Gasteiger partial charge is 0.497 e. The van der Waals surface area contributed by atoms with E-state index >= 15 is 0 Å². The van der Waals surface area contributed by atoms with Crippen LogP contribution in [0.15, 0.2) is 29.1 Å². The number of hydrogen-bond acceptors (Lipinski definition) is 3. The van der Waals surface area contributed by atoms with E-state index in [0.717, 1.165) is 18.0 Å². The van der Waals surface area contributed by atoms with E-state index in [1.807, 2.05) is 31.2 Å². The van der Waals surface area contributed by atoms with E-state index in [4.69, 9.17) is 4.74 Å². The van der Waals surface area contributed by atoms with Crippen molar-refractivity contribution in [3.8, 4) is 11.4 Å². The predicted octanol–water partition coefficient (Wildman–Crippen LogP) is 1.76. The van der Waals surface area contributed by atoms with E-state index in [2.05, 4.69) is 5.10 Å². The van der Waals surface area contributed by atoms with Crippen LogP contribution < -0.4 is 10.4 Å². The first-order valence-electron chi connectivity index (χ1n) is 6.50. The fourth-order valence-electron chi connectivity index (χ4n) is 2.23. The fourth-order valence-corrected chi connectivity index (χ4v) is 2.23. The van der Waals surface area contributed by atoms with E-state index in [0.29, 0.717) is 11.7 Å². The monoisotopic (exact) mass is 259 g/mol. The van der Waals surface area contributed by atoms with E-state index in [-0.39, 0.29) is 5.69 Å². The summed E-state index contributed by atoms with van der Waals surface area (Å²) in [7, 11) is 1.62. The van der Waals surface area contributed by atoms with Crippen molar-refractivity contribution in [2.45, 2.75) is 26.3 Å². The van der Waals surface area contributed by atoms with Gasteiger partial charge in [0.25, 0.3) is 0 Å². The van der Waals surface area contributed by atoms with Crippen molar-refractivity contribution < 1.29 is 4.74 Å². The van der Waals surface area contributed by atoms with Crippen molar-refractivity contribution in [2.24, 2.45) is 5.92 Å². The van der Waals surface area contributed by atoms with Gasteiger partial charge in [0.1, 0.15) is 11.6 Å². The maximum absolute atomic E-state index is 12.4. The molecule has 5 heteroatoms. The summed E-state index contributed by atoms with van der Waals surface area (Å²) in [6.45, 7) is 2.58. The minimum absolute atomic E-state index is 0.0716. The van der Waals surface area contributed by atoms with Gasteiger partial charge in [-0.2, -0.15) is 5.10 Å². The Kier molecular flexibility index (Phi) is 2.89. The SMILES string of the molecule is COc1cccc(-n2c(C)nn(CC3CC3)c2=O)c1. The highest BCUT2D eigenvalue weighted by molar-refractivity contribution is 5.39. The van der Waals surface area contributed by atoms with Crippen molar-refractivity contribution in [3.05, 3.63) is 40.6 Å². The zero-order chi connectivity index (χ0) is 13.4. The molecule has 0 amide bonds. The average Bonchev–Trinajstić information content (AvgIpc) is 3.17. The van der Waals surface area contributed by atoms with Crippen molar-refractivity contribution in [2.75, 3.05) is 7.11 Å². The third-order valence-electron chi connectivity index (χ3n) is 3.44. The molecule has 1 heterocycles. The molecular weight excluding hydrogens is 242 g/mol. The van der Waals surface area contributed by atoms with Crippen molar-refractivity contribution in [3.63, 3.8) is 0 Å². The van der Waals surface area contributed by atoms with Gasteiger partial charge in [0.2, 0.25) is 0 Å². The van der Waals surface area contributed by atoms with Crippen LogP contribution in [0.25, 0.3) is 5.69 Å². The number of hydrogen-bond donors (Lipinski definition) is 0. The first kappa shape index (κ1) is 12.0. The molecule has 0 N–H and O–H groups in total. The summed E-state index contributed by atoms with van der Waals surface area (Å²) in [6.07, 6.45) is 2.41. The lowest BCUT2D eigenvalue weighted by Gasteiger charge is -2.05. The first-order chi connectivity index (χ1) is 9.19. The number of nitrogens with zero attached hydrogens (tertiary/aromatic N) is 3. The molecule has 100 valence electrons. The molecule has 2 aromatic rings. The Morgan fingerprint density at radius 1 is 1.42 bits per heavy atom. The molecule has 3 rings (SSSR count). The molecule has 19 heavy (non-hydrogen) atoms. The Hall–Kier alpha value is -2.04. The molecule has 0 aliphatic heterocycles. The Morgan fingerprint density at radius 3 is 2.89 bits per heavy atom. The van der Waals surface area contributed by atoms with Crippen LogP contribution in [0.4, 0.5) is 0 Å². The Bertz CT molecular complexity index is 653. The zero-order valence-corrected chi connectivity index (χ0v) is 11.2. The van der Waals surface area contributed by atoms with Gasteiger partial charge in [-0.25, -0.2) is 14.0 Å². The van der Waals surface area contributed by atoms with Crippen LogP contribution in [-0.2, 0) is 6.54 Å². The van der Waals surface area contributed by atoms with Gasteiger partial charge in [0.05, 0.1) is 12.8 Å². The second kappa shape index (κ2) is 4.57. The van der Waals surface area contributed by atoms with Crippen LogP contribution in [0.5, 0.6) is 5.75 Å². The standard InChI is InChI=1S/C14H17N3O2/c1-10-15-16(9-11-6-7-11)14(18)17(10)12-4-3-5-13(8-12)19-2/h3-5,8,11H,6-7,9H2,1-2H3. The van der Waals surface area contributed by atoms with Crippen LogP contribution >= 0.6 is 0 Å². The summed E-state index contributed by atoms with van der Waals surface area (Å²) in [5.41, 5.74) is 0.724. The lowest BCUT2D eigenvalue weighted by atomic mass is 10.3. The van der Waals surface area contributed by atoms with Gasteiger partial charge in [0.15, 0.2) is 0 Å². The van der Waals surface area contributed by atoms with Crippen LogP contribution in [-0.4, -0.2) is 21.5 Å². The Balaban J connectivity index is 2.03. The van der Waals surface area contributed by atoms with Gasteiger partial charge in [-0.15, -0.1) is 0 Å². The summed E-state index contributed by atoms with van der Waals surface area (Å²) < 4.78 is 8.40. The van der Waals surface area contributed by atoms with Crippen molar-refractivity contribution >= 4 is 0 Å². The molecule has 0 atom stereocenters. The number of ether oxygens (including phenoxy) is 1. The molecule has 0 unspecified atom stereocenters. The molecule has 1 aliphatic rings. The number of methoxy groups -OCH3 is 1. The van der Waals surface area contributed by atoms with Crippen molar-refractivity contribution in [1.29, 1.82) is 0 Å². The zero-order valence-electron chi connectivity index (χ0n) is 11.2.